The predicted octanol–water partition coefficient (Wildman–Crippen LogP) is 2.16. The second-order valence-corrected chi connectivity index (χ2v) is 6.84. The van der Waals surface area contributed by atoms with Gasteiger partial charge in [0.25, 0.3) is 0 Å². The van der Waals surface area contributed by atoms with Gasteiger partial charge in [0.15, 0.2) is 0 Å². The first-order valence-electron chi connectivity index (χ1n) is 9.44. The third kappa shape index (κ3) is 3.85. The highest BCUT2D eigenvalue weighted by molar-refractivity contribution is 5.87. The fourth-order valence-electron chi connectivity index (χ4n) is 3.64. The molecule has 1 saturated heterocycles. The summed E-state index contributed by atoms with van der Waals surface area (Å²) >= 11 is 0. The lowest BCUT2D eigenvalue weighted by atomic mass is 10.1. The van der Waals surface area contributed by atoms with Crippen LogP contribution in [-0.4, -0.2) is 53.6 Å². The van der Waals surface area contributed by atoms with E-state index in [-0.39, 0.29) is 18.5 Å². The van der Waals surface area contributed by atoms with Crippen LogP contribution in [0.1, 0.15) is 12.8 Å². The smallest absolute Gasteiger partial charge is 0.239 e. The fraction of sp³-hybridized carbons (Fsp3) is 0.350. The van der Waals surface area contributed by atoms with Crippen molar-refractivity contribution in [3.05, 3.63) is 42.9 Å². The van der Waals surface area contributed by atoms with Gasteiger partial charge < -0.3 is 25.3 Å². The number of hydrogen-bond acceptors (Lipinski definition) is 6. The lowest BCUT2D eigenvalue weighted by Crippen LogP contribution is -2.49. The Hall–Kier alpha value is -3.29. The first-order valence-corrected chi connectivity index (χ1v) is 9.44. The van der Waals surface area contributed by atoms with Crippen molar-refractivity contribution in [2.24, 2.45) is 0 Å². The molecule has 2 aromatic heterocycles. The number of aromatic nitrogens is 3. The van der Waals surface area contributed by atoms with E-state index in [2.05, 4.69) is 30.5 Å². The van der Waals surface area contributed by atoms with Gasteiger partial charge in [-0.1, -0.05) is 12.1 Å². The number of fused-ring (bicyclic) bond motifs is 1. The number of carbonyl (C=O) groups is 1. The summed E-state index contributed by atoms with van der Waals surface area (Å²) in [6.07, 6.45) is 5.40. The molecule has 1 fully saturated rings. The van der Waals surface area contributed by atoms with Crippen molar-refractivity contribution in [1.82, 2.24) is 20.3 Å². The van der Waals surface area contributed by atoms with Crippen LogP contribution in [0, 0.1) is 0 Å². The minimum absolute atomic E-state index is 0.0350. The first kappa shape index (κ1) is 18.1. The van der Waals surface area contributed by atoms with Gasteiger partial charge in [0.1, 0.15) is 23.5 Å². The molecule has 1 aromatic carbocycles. The van der Waals surface area contributed by atoms with Gasteiger partial charge in [-0.15, -0.1) is 0 Å². The van der Waals surface area contributed by atoms with Crippen LogP contribution in [0.4, 0.5) is 11.5 Å². The maximum absolute atomic E-state index is 12.4. The fourth-order valence-corrected chi connectivity index (χ4v) is 3.64. The molecule has 146 valence electrons. The highest BCUT2D eigenvalue weighted by Gasteiger charge is 2.23. The number of ether oxygens (including phenoxy) is 1. The van der Waals surface area contributed by atoms with Gasteiger partial charge >= 0.3 is 0 Å². The summed E-state index contributed by atoms with van der Waals surface area (Å²) < 4.78 is 5.30. The molecule has 28 heavy (non-hydrogen) atoms. The standard InChI is InChI=1S/C20H24N6O2/c1-28-17-7-3-2-6-16(17)22-11-18(27)25-14-5-4-10-26(12-14)20-15-8-9-21-19(15)23-13-24-20/h2-3,6-9,13-14,22H,4-5,10-12H2,1H3,(H,25,27)(H,21,23,24). The molecule has 8 nitrogen and oxygen atoms in total. The maximum atomic E-state index is 12.4. The molecule has 4 rings (SSSR count). The Kier molecular flexibility index (Phi) is 5.27. The van der Waals surface area contributed by atoms with Gasteiger partial charge in [0, 0.05) is 25.3 Å². The van der Waals surface area contributed by atoms with Crippen LogP contribution in [0.15, 0.2) is 42.9 Å². The lowest BCUT2D eigenvalue weighted by molar-refractivity contribution is -0.120. The number of carbonyl (C=O) groups excluding carboxylic acids is 1. The number of nitrogens with one attached hydrogen (secondary N) is 3. The zero-order valence-corrected chi connectivity index (χ0v) is 15.8. The first-order chi connectivity index (χ1) is 13.7. The summed E-state index contributed by atoms with van der Waals surface area (Å²) in [4.78, 5) is 26.5. The number of nitrogens with zero attached hydrogens (tertiary/aromatic N) is 3. The Balaban J connectivity index is 1.36. The summed E-state index contributed by atoms with van der Waals surface area (Å²) in [5.74, 6) is 1.60. The molecular weight excluding hydrogens is 356 g/mol. The number of benzene rings is 1. The van der Waals surface area contributed by atoms with Crippen molar-refractivity contribution >= 4 is 28.4 Å². The monoisotopic (exact) mass is 380 g/mol. The van der Waals surface area contributed by atoms with E-state index in [1.165, 1.54) is 0 Å². The quantitative estimate of drug-likeness (QED) is 0.607. The Labute approximate surface area is 163 Å². The molecular formula is C20H24N6O2. The van der Waals surface area contributed by atoms with Gasteiger partial charge in [0.05, 0.1) is 24.7 Å². The Morgan fingerprint density at radius 3 is 3.11 bits per heavy atom. The van der Waals surface area contributed by atoms with Crippen LogP contribution in [0.2, 0.25) is 0 Å². The van der Waals surface area contributed by atoms with Gasteiger partial charge in [-0.05, 0) is 31.0 Å². The van der Waals surface area contributed by atoms with E-state index in [9.17, 15) is 4.79 Å². The number of piperidine rings is 1. The molecule has 1 atom stereocenters. The zero-order valence-electron chi connectivity index (χ0n) is 15.8. The van der Waals surface area contributed by atoms with E-state index in [0.29, 0.717) is 0 Å². The lowest BCUT2D eigenvalue weighted by Gasteiger charge is -2.34. The van der Waals surface area contributed by atoms with Gasteiger partial charge in [-0.2, -0.15) is 0 Å². The van der Waals surface area contributed by atoms with E-state index >= 15 is 0 Å². The maximum Gasteiger partial charge on any atom is 0.239 e. The number of hydrogen-bond donors (Lipinski definition) is 3. The molecule has 0 aliphatic carbocycles. The van der Waals surface area contributed by atoms with Crippen molar-refractivity contribution in [2.45, 2.75) is 18.9 Å². The minimum atomic E-state index is -0.0350. The average Bonchev–Trinajstić information content (AvgIpc) is 3.21. The van der Waals surface area contributed by atoms with Crippen LogP contribution in [0.3, 0.4) is 0 Å². The third-order valence-electron chi connectivity index (χ3n) is 4.97. The van der Waals surface area contributed by atoms with Gasteiger partial charge in [-0.25, -0.2) is 9.97 Å². The number of amides is 1. The van der Waals surface area contributed by atoms with Crippen molar-refractivity contribution in [3.8, 4) is 5.75 Å². The van der Waals surface area contributed by atoms with Gasteiger partial charge in [0.2, 0.25) is 5.91 Å². The third-order valence-corrected chi connectivity index (χ3v) is 4.97. The normalized spacial score (nSPS) is 16.8. The number of rotatable bonds is 6. The van der Waals surface area contributed by atoms with Crippen molar-refractivity contribution in [2.75, 3.05) is 37.0 Å². The summed E-state index contributed by atoms with van der Waals surface area (Å²) in [7, 11) is 1.62. The number of methoxy groups -OCH3 is 1. The minimum Gasteiger partial charge on any atom is -0.495 e. The van der Waals surface area contributed by atoms with E-state index in [1.807, 2.05) is 36.5 Å². The van der Waals surface area contributed by atoms with Crippen molar-refractivity contribution in [3.63, 3.8) is 0 Å². The highest BCUT2D eigenvalue weighted by Crippen LogP contribution is 2.25. The summed E-state index contributed by atoms with van der Waals surface area (Å²) in [6.45, 7) is 1.85. The van der Waals surface area contributed by atoms with E-state index in [4.69, 9.17) is 4.74 Å². The van der Waals surface area contributed by atoms with Crippen LogP contribution >= 0.6 is 0 Å². The van der Waals surface area contributed by atoms with Crippen molar-refractivity contribution < 1.29 is 9.53 Å². The second-order valence-electron chi connectivity index (χ2n) is 6.84. The molecule has 1 amide bonds. The van der Waals surface area contributed by atoms with Crippen LogP contribution in [-0.2, 0) is 4.79 Å². The van der Waals surface area contributed by atoms with Crippen LogP contribution in [0.5, 0.6) is 5.75 Å². The molecule has 0 bridgehead atoms. The van der Waals surface area contributed by atoms with E-state index in [1.54, 1.807) is 13.4 Å². The number of anilines is 2. The Bertz CT molecular complexity index is 957. The average molecular weight is 380 g/mol. The number of para-hydroxylation sites is 2. The molecule has 3 aromatic rings. The van der Waals surface area contributed by atoms with Gasteiger partial charge in [-0.3, -0.25) is 4.79 Å². The second kappa shape index (κ2) is 8.16. The topological polar surface area (TPSA) is 95.2 Å². The van der Waals surface area contributed by atoms with Crippen molar-refractivity contribution in [1.29, 1.82) is 0 Å². The number of H-pyrrole nitrogens is 1. The Morgan fingerprint density at radius 1 is 1.32 bits per heavy atom. The van der Waals surface area contributed by atoms with Crippen LogP contribution in [0.25, 0.3) is 11.0 Å². The molecule has 3 N–H and O–H groups in total. The zero-order chi connectivity index (χ0) is 19.3. The number of aromatic amines is 1. The summed E-state index contributed by atoms with van der Waals surface area (Å²) in [5.41, 5.74) is 1.64. The molecule has 0 spiro atoms. The molecule has 1 aliphatic heterocycles. The highest BCUT2D eigenvalue weighted by atomic mass is 16.5. The van der Waals surface area contributed by atoms with Crippen LogP contribution < -0.4 is 20.3 Å². The molecule has 0 radical (unpaired) electrons. The van der Waals surface area contributed by atoms with E-state index in [0.717, 1.165) is 54.2 Å². The predicted molar refractivity (Wildman–Crippen MR) is 109 cm³/mol. The largest absolute Gasteiger partial charge is 0.495 e. The van der Waals surface area contributed by atoms with E-state index < -0.39 is 0 Å². The summed E-state index contributed by atoms with van der Waals surface area (Å²) in [6, 6.07) is 9.64. The Morgan fingerprint density at radius 2 is 2.21 bits per heavy atom. The molecule has 3 heterocycles. The molecule has 0 saturated carbocycles. The molecule has 8 heteroatoms. The SMILES string of the molecule is COc1ccccc1NCC(=O)NC1CCCN(c2ncnc3[nH]ccc23)C1. The molecule has 1 unspecified atom stereocenters. The summed E-state index contributed by atoms with van der Waals surface area (Å²) in [5, 5.41) is 7.28. The molecule has 1 aliphatic rings.